The van der Waals surface area contributed by atoms with Crippen LogP contribution < -0.4 is 10.6 Å². The molecule has 0 amide bonds. The van der Waals surface area contributed by atoms with E-state index in [-0.39, 0.29) is 5.92 Å². The molecule has 39 heavy (non-hydrogen) atoms. The Labute approximate surface area is 223 Å². The van der Waals surface area contributed by atoms with E-state index in [0.717, 1.165) is 50.4 Å². The van der Waals surface area contributed by atoms with Crippen molar-refractivity contribution in [2.45, 2.75) is 12.3 Å². The minimum absolute atomic E-state index is 0.243. The van der Waals surface area contributed by atoms with Gasteiger partial charge < -0.3 is 13.4 Å². The summed E-state index contributed by atoms with van der Waals surface area (Å²) in [4.78, 5) is 0. The van der Waals surface area contributed by atoms with Crippen LogP contribution in [0.25, 0.3) is 72.6 Å². The second kappa shape index (κ2) is 7.75. The van der Waals surface area contributed by atoms with Crippen molar-refractivity contribution in [3.8, 4) is 5.69 Å². The highest BCUT2D eigenvalue weighted by Crippen LogP contribution is 2.34. The van der Waals surface area contributed by atoms with Gasteiger partial charge in [0.15, 0.2) is 0 Å². The lowest BCUT2D eigenvalue weighted by Crippen LogP contribution is -2.24. The highest BCUT2D eigenvalue weighted by Gasteiger charge is 2.18. The van der Waals surface area contributed by atoms with Gasteiger partial charge in [-0.15, -0.1) is 0 Å². The zero-order chi connectivity index (χ0) is 25.5. The van der Waals surface area contributed by atoms with E-state index in [1.165, 1.54) is 32.6 Å². The van der Waals surface area contributed by atoms with Crippen LogP contribution in [0.1, 0.15) is 17.9 Å². The summed E-state index contributed by atoms with van der Waals surface area (Å²) in [7, 11) is 0. The third-order valence-electron chi connectivity index (χ3n) is 8.34. The third kappa shape index (κ3) is 2.98. The van der Waals surface area contributed by atoms with Gasteiger partial charge in [0.25, 0.3) is 0 Å². The molecule has 0 radical (unpaired) electrons. The van der Waals surface area contributed by atoms with Gasteiger partial charge >= 0.3 is 0 Å². The summed E-state index contributed by atoms with van der Waals surface area (Å²) in [6.07, 6.45) is 5.54. The maximum Gasteiger partial charge on any atom is 0.137 e. The minimum atomic E-state index is 0.243. The van der Waals surface area contributed by atoms with E-state index in [1.54, 1.807) is 0 Å². The van der Waals surface area contributed by atoms with E-state index in [4.69, 9.17) is 8.83 Å². The lowest BCUT2D eigenvalue weighted by Gasteiger charge is -2.12. The minimum Gasteiger partial charge on any atom is -0.456 e. The number of fused-ring (bicyclic) bond motifs is 9. The van der Waals surface area contributed by atoms with Crippen LogP contribution in [0.3, 0.4) is 0 Å². The SMILES string of the molecule is C1=c2oc3cc(-n4c5ccccc5c5ccccc54)ccc3c2=CCC1c1ccc2c(c1)oc1ccccc12. The molecule has 1 aliphatic rings. The second-order valence-corrected chi connectivity index (χ2v) is 10.5. The van der Waals surface area contributed by atoms with Crippen LogP contribution in [0.15, 0.2) is 118 Å². The van der Waals surface area contributed by atoms with Crippen molar-refractivity contribution in [1.29, 1.82) is 0 Å². The highest BCUT2D eigenvalue weighted by atomic mass is 16.3. The maximum atomic E-state index is 6.52. The molecule has 3 nitrogen and oxygen atoms in total. The van der Waals surface area contributed by atoms with Crippen LogP contribution in [0.2, 0.25) is 0 Å². The summed E-state index contributed by atoms with van der Waals surface area (Å²) in [6, 6.07) is 38.7. The third-order valence-corrected chi connectivity index (χ3v) is 8.34. The predicted molar refractivity (Wildman–Crippen MR) is 160 cm³/mol. The number of furan rings is 2. The monoisotopic (exact) mass is 501 g/mol. The fourth-order valence-corrected chi connectivity index (χ4v) is 6.50. The van der Waals surface area contributed by atoms with Crippen LogP contribution >= 0.6 is 0 Å². The van der Waals surface area contributed by atoms with Gasteiger partial charge in [0.05, 0.1) is 11.0 Å². The first-order valence-electron chi connectivity index (χ1n) is 13.5. The molecule has 9 rings (SSSR count). The Hall–Kier alpha value is -5.02. The molecule has 1 aliphatic carbocycles. The van der Waals surface area contributed by atoms with Gasteiger partial charge in [-0.3, -0.25) is 0 Å². The van der Waals surface area contributed by atoms with E-state index in [0.29, 0.717) is 0 Å². The van der Waals surface area contributed by atoms with Crippen LogP contribution in [0, 0.1) is 0 Å². The summed E-state index contributed by atoms with van der Waals surface area (Å²) < 4.78 is 15.0. The van der Waals surface area contributed by atoms with Crippen LogP contribution in [0.5, 0.6) is 0 Å². The second-order valence-electron chi connectivity index (χ2n) is 10.5. The lowest BCUT2D eigenvalue weighted by molar-refractivity contribution is 0.569. The van der Waals surface area contributed by atoms with E-state index >= 15 is 0 Å². The van der Waals surface area contributed by atoms with Crippen molar-refractivity contribution in [3.63, 3.8) is 0 Å². The van der Waals surface area contributed by atoms with Gasteiger partial charge in [-0.25, -0.2) is 0 Å². The first-order chi connectivity index (χ1) is 19.3. The molecule has 0 saturated heterocycles. The quantitative estimate of drug-likeness (QED) is 0.239. The van der Waals surface area contributed by atoms with Crippen LogP contribution in [-0.2, 0) is 0 Å². The molecule has 3 aromatic heterocycles. The van der Waals surface area contributed by atoms with Gasteiger partial charge in [-0.05, 0) is 54.5 Å². The summed E-state index contributed by atoms with van der Waals surface area (Å²) in [5, 5.41) is 7.21. The predicted octanol–water partition coefficient (Wildman–Crippen LogP) is 8.18. The van der Waals surface area contributed by atoms with Gasteiger partial charge in [-0.2, -0.15) is 0 Å². The molecule has 5 aromatic carbocycles. The van der Waals surface area contributed by atoms with Gasteiger partial charge in [-0.1, -0.05) is 72.8 Å². The summed E-state index contributed by atoms with van der Waals surface area (Å²) in [6.45, 7) is 0. The maximum absolute atomic E-state index is 6.52. The molecule has 184 valence electrons. The Morgan fingerprint density at radius 2 is 1.23 bits per heavy atom. The molecule has 3 heterocycles. The van der Waals surface area contributed by atoms with Crippen molar-refractivity contribution in [2.75, 3.05) is 0 Å². The Kier molecular flexibility index (Phi) is 4.17. The molecular formula is C36H23NO2. The molecule has 0 bridgehead atoms. The van der Waals surface area contributed by atoms with Gasteiger partial charge in [0.1, 0.15) is 22.2 Å². The van der Waals surface area contributed by atoms with E-state index < -0.39 is 0 Å². The van der Waals surface area contributed by atoms with E-state index in [1.807, 2.05) is 12.1 Å². The molecule has 0 aliphatic heterocycles. The van der Waals surface area contributed by atoms with Crippen molar-refractivity contribution in [2.24, 2.45) is 0 Å². The van der Waals surface area contributed by atoms with Crippen LogP contribution in [0.4, 0.5) is 0 Å². The Morgan fingerprint density at radius 3 is 2.05 bits per heavy atom. The molecule has 0 N–H and O–H groups in total. The summed E-state index contributed by atoms with van der Waals surface area (Å²) in [5.41, 5.74) is 8.50. The number of rotatable bonds is 2. The summed E-state index contributed by atoms with van der Waals surface area (Å²) in [5.74, 6) is 0.243. The topological polar surface area (TPSA) is 31.2 Å². The normalized spacial score (nSPS) is 15.2. The molecule has 8 aromatic rings. The smallest absolute Gasteiger partial charge is 0.137 e. The van der Waals surface area contributed by atoms with Gasteiger partial charge in [0.2, 0.25) is 0 Å². The first-order valence-corrected chi connectivity index (χ1v) is 13.5. The summed E-state index contributed by atoms with van der Waals surface area (Å²) >= 11 is 0. The van der Waals surface area contributed by atoms with Crippen LogP contribution in [-0.4, -0.2) is 4.57 Å². The number of aromatic nitrogens is 1. The fourth-order valence-electron chi connectivity index (χ4n) is 6.50. The fraction of sp³-hybridized carbons (Fsp3) is 0.0556. The van der Waals surface area contributed by atoms with E-state index in [2.05, 4.69) is 114 Å². The van der Waals surface area contributed by atoms with Crippen molar-refractivity contribution in [3.05, 3.63) is 125 Å². The molecule has 1 atom stereocenters. The zero-order valence-electron chi connectivity index (χ0n) is 21.1. The number of nitrogens with zero attached hydrogens (tertiary/aromatic N) is 1. The number of hydrogen-bond donors (Lipinski definition) is 0. The Balaban J connectivity index is 1.18. The standard InChI is InChI=1S/C36H23NO2/c1-4-10-31-25(7-1)26-8-2-5-11-32(26)37(31)24-15-18-30-29-17-14-23(20-35(29)39-36(30)21-24)22-13-16-28-27-9-3-6-12-33(27)38-34(28)19-22/h1-13,15-21,23H,14H2. The number of para-hydroxylation sites is 3. The Bertz CT molecular complexity index is 2330. The first kappa shape index (κ1) is 21.0. The average Bonchev–Trinajstić information content (AvgIpc) is 3.65. The number of benzene rings is 5. The zero-order valence-corrected chi connectivity index (χ0v) is 21.1. The molecule has 3 heteroatoms. The molecule has 0 fully saturated rings. The lowest BCUT2D eigenvalue weighted by atomic mass is 9.91. The largest absolute Gasteiger partial charge is 0.456 e. The number of hydrogen-bond acceptors (Lipinski definition) is 2. The molecule has 0 saturated carbocycles. The molecule has 1 unspecified atom stereocenters. The van der Waals surface area contributed by atoms with Crippen molar-refractivity contribution >= 4 is 66.9 Å². The van der Waals surface area contributed by atoms with Crippen molar-refractivity contribution < 1.29 is 8.83 Å². The van der Waals surface area contributed by atoms with Crippen molar-refractivity contribution in [1.82, 2.24) is 4.57 Å². The molecule has 0 spiro atoms. The van der Waals surface area contributed by atoms with Gasteiger partial charge in [0, 0.05) is 49.8 Å². The highest BCUT2D eigenvalue weighted by molar-refractivity contribution is 6.09. The van der Waals surface area contributed by atoms with E-state index in [9.17, 15) is 0 Å². The average molecular weight is 502 g/mol. The Morgan fingerprint density at radius 1 is 0.564 bits per heavy atom. The molecular weight excluding hydrogens is 478 g/mol.